The number of aromatic hydroxyl groups is 3. The number of ether oxygens (including phenoxy) is 2. The maximum Gasteiger partial charge on any atom is 0.166 e. The van der Waals surface area contributed by atoms with Crippen LogP contribution in [0.5, 0.6) is 34.5 Å². The lowest BCUT2D eigenvalue weighted by Gasteiger charge is -2.26. The van der Waals surface area contributed by atoms with E-state index in [-0.39, 0.29) is 17.2 Å². The Labute approximate surface area is 202 Å². The standard InChI is InChI=1S/C27H27NO5S/c29-18-7-12-21-24(17-18)34-27(22-5-4-6-23(30)25(22)31)26(21)33-20-10-8-19(9-11-20)32-16-15-28-13-2-1-3-14-28/h4-12,17,29-31H,1-3,13-16H2. The number of hydrogen-bond acceptors (Lipinski definition) is 7. The molecule has 0 saturated carbocycles. The second kappa shape index (κ2) is 9.83. The Kier molecular flexibility index (Phi) is 6.47. The van der Waals surface area contributed by atoms with Crippen molar-refractivity contribution in [3.8, 4) is 44.9 Å². The second-order valence-corrected chi connectivity index (χ2v) is 9.49. The Morgan fingerprint density at radius 1 is 0.853 bits per heavy atom. The number of phenols is 3. The van der Waals surface area contributed by atoms with Crippen LogP contribution in [0.1, 0.15) is 19.3 Å². The lowest BCUT2D eigenvalue weighted by molar-refractivity contribution is 0.183. The van der Waals surface area contributed by atoms with Gasteiger partial charge in [0.05, 0.1) is 4.88 Å². The van der Waals surface area contributed by atoms with E-state index in [0.29, 0.717) is 28.5 Å². The fourth-order valence-electron chi connectivity index (χ4n) is 4.25. The molecule has 1 aliphatic heterocycles. The minimum atomic E-state index is -0.208. The summed E-state index contributed by atoms with van der Waals surface area (Å²) in [7, 11) is 0. The number of nitrogens with zero attached hydrogens (tertiary/aromatic N) is 1. The number of rotatable bonds is 7. The topological polar surface area (TPSA) is 82.4 Å². The summed E-state index contributed by atoms with van der Waals surface area (Å²) in [4.78, 5) is 3.11. The molecular formula is C27H27NO5S. The van der Waals surface area contributed by atoms with Gasteiger partial charge in [0, 0.05) is 22.2 Å². The summed E-state index contributed by atoms with van der Waals surface area (Å²) in [5, 5.41) is 31.2. The van der Waals surface area contributed by atoms with Gasteiger partial charge in [0.15, 0.2) is 17.2 Å². The highest BCUT2D eigenvalue weighted by molar-refractivity contribution is 7.22. The quantitative estimate of drug-likeness (QED) is 0.269. The average Bonchev–Trinajstić information content (AvgIpc) is 3.19. The second-order valence-electron chi connectivity index (χ2n) is 8.44. The van der Waals surface area contributed by atoms with Gasteiger partial charge >= 0.3 is 0 Å². The molecule has 0 aliphatic carbocycles. The summed E-state index contributed by atoms with van der Waals surface area (Å²) < 4.78 is 13.0. The average molecular weight is 478 g/mol. The molecule has 0 atom stereocenters. The summed E-state index contributed by atoms with van der Waals surface area (Å²) >= 11 is 1.38. The lowest BCUT2D eigenvalue weighted by atomic mass is 10.1. The molecule has 1 aromatic heterocycles. The zero-order valence-electron chi connectivity index (χ0n) is 18.7. The van der Waals surface area contributed by atoms with Crippen LogP contribution in [0.4, 0.5) is 0 Å². The van der Waals surface area contributed by atoms with Gasteiger partial charge in [0.25, 0.3) is 0 Å². The summed E-state index contributed by atoms with van der Waals surface area (Å²) in [6.07, 6.45) is 3.86. The summed E-state index contributed by atoms with van der Waals surface area (Å²) in [5.41, 5.74) is 0.466. The smallest absolute Gasteiger partial charge is 0.166 e. The number of hydrogen-bond donors (Lipinski definition) is 3. The van der Waals surface area contributed by atoms with E-state index in [4.69, 9.17) is 9.47 Å². The molecule has 0 spiro atoms. The van der Waals surface area contributed by atoms with Gasteiger partial charge in [-0.15, -0.1) is 11.3 Å². The molecule has 1 saturated heterocycles. The zero-order valence-corrected chi connectivity index (χ0v) is 19.6. The highest BCUT2D eigenvalue weighted by atomic mass is 32.1. The Morgan fingerprint density at radius 3 is 2.41 bits per heavy atom. The van der Waals surface area contributed by atoms with Crippen molar-refractivity contribution in [2.45, 2.75) is 19.3 Å². The molecule has 1 aliphatic rings. The molecule has 7 heteroatoms. The van der Waals surface area contributed by atoms with Crippen LogP contribution in [0.3, 0.4) is 0 Å². The van der Waals surface area contributed by atoms with E-state index < -0.39 is 0 Å². The maximum absolute atomic E-state index is 10.5. The molecule has 4 aromatic rings. The van der Waals surface area contributed by atoms with Gasteiger partial charge in [-0.05, 0) is 80.5 Å². The van der Waals surface area contributed by atoms with Gasteiger partial charge in [-0.25, -0.2) is 0 Å². The van der Waals surface area contributed by atoms with E-state index in [2.05, 4.69) is 4.90 Å². The molecule has 34 heavy (non-hydrogen) atoms. The number of phenolic OH excluding ortho intramolecular Hbond substituents is 3. The number of piperidine rings is 1. The normalized spacial score (nSPS) is 14.4. The maximum atomic E-state index is 10.5. The number of para-hydroxylation sites is 1. The molecule has 3 aromatic carbocycles. The van der Waals surface area contributed by atoms with Gasteiger partial charge in [0.1, 0.15) is 23.9 Å². The summed E-state index contributed by atoms with van der Waals surface area (Å²) in [6, 6.07) is 17.4. The Balaban J connectivity index is 1.37. The van der Waals surface area contributed by atoms with Crippen LogP contribution in [0, 0.1) is 0 Å². The summed E-state index contributed by atoms with van der Waals surface area (Å²) in [5.74, 6) is 1.71. The van der Waals surface area contributed by atoms with Crippen molar-refractivity contribution < 1.29 is 24.8 Å². The largest absolute Gasteiger partial charge is 0.508 e. The Bertz CT molecular complexity index is 1280. The van der Waals surface area contributed by atoms with Crippen LogP contribution in [0.15, 0.2) is 60.7 Å². The Hall–Kier alpha value is -3.42. The molecule has 5 rings (SSSR count). The van der Waals surface area contributed by atoms with Gasteiger partial charge in [0.2, 0.25) is 0 Å². The van der Waals surface area contributed by atoms with Crippen LogP contribution in [-0.4, -0.2) is 46.5 Å². The molecule has 0 bridgehead atoms. The molecular weight excluding hydrogens is 450 g/mol. The van der Waals surface area contributed by atoms with Crippen molar-refractivity contribution in [1.29, 1.82) is 0 Å². The fourth-order valence-corrected chi connectivity index (χ4v) is 5.44. The first-order valence-electron chi connectivity index (χ1n) is 11.5. The molecule has 6 nitrogen and oxygen atoms in total. The summed E-state index contributed by atoms with van der Waals surface area (Å²) in [6.45, 7) is 3.89. The van der Waals surface area contributed by atoms with Crippen molar-refractivity contribution >= 4 is 21.4 Å². The zero-order chi connectivity index (χ0) is 23.5. The molecule has 0 radical (unpaired) electrons. The monoisotopic (exact) mass is 477 g/mol. The highest BCUT2D eigenvalue weighted by Gasteiger charge is 2.20. The van der Waals surface area contributed by atoms with Crippen molar-refractivity contribution in [2.75, 3.05) is 26.2 Å². The van der Waals surface area contributed by atoms with Crippen LogP contribution in [0.2, 0.25) is 0 Å². The third-order valence-electron chi connectivity index (χ3n) is 6.06. The van der Waals surface area contributed by atoms with E-state index in [1.807, 2.05) is 24.3 Å². The van der Waals surface area contributed by atoms with Gasteiger partial charge in [-0.3, -0.25) is 4.90 Å². The van der Waals surface area contributed by atoms with E-state index >= 15 is 0 Å². The molecule has 1 fully saturated rings. The number of thiophene rings is 1. The molecule has 3 N–H and O–H groups in total. The fraction of sp³-hybridized carbons (Fsp3) is 0.259. The van der Waals surface area contributed by atoms with Crippen molar-refractivity contribution in [1.82, 2.24) is 4.90 Å². The SMILES string of the molecule is Oc1ccc2c(Oc3ccc(OCCN4CCCCC4)cc3)c(-c3cccc(O)c3O)sc2c1. The van der Waals surface area contributed by atoms with Crippen molar-refractivity contribution in [2.24, 2.45) is 0 Å². The first kappa shape index (κ1) is 22.4. The van der Waals surface area contributed by atoms with Crippen molar-refractivity contribution in [3.63, 3.8) is 0 Å². The van der Waals surface area contributed by atoms with E-state index in [0.717, 1.165) is 35.5 Å². The lowest BCUT2D eigenvalue weighted by Crippen LogP contribution is -2.33. The van der Waals surface area contributed by atoms with Crippen LogP contribution in [0.25, 0.3) is 20.5 Å². The Morgan fingerprint density at radius 2 is 1.62 bits per heavy atom. The number of benzene rings is 3. The van der Waals surface area contributed by atoms with Crippen molar-refractivity contribution in [3.05, 3.63) is 60.7 Å². The third-order valence-corrected chi connectivity index (χ3v) is 7.22. The minimum Gasteiger partial charge on any atom is -0.508 e. The van der Waals surface area contributed by atoms with E-state index in [1.54, 1.807) is 30.3 Å². The van der Waals surface area contributed by atoms with Gasteiger partial charge in [-0.1, -0.05) is 12.5 Å². The van der Waals surface area contributed by atoms with Gasteiger partial charge < -0.3 is 24.8 Å². The van der Waals surface area contributed by atoms with Crippen LogP contribution >= 0.6 is 11.3 Å². The first-order valence-corrected chi connectivity index (χ1v) is 12.3. The van der Waals surface area contributed by atoms with Crippen LogP contribution < -0.4 is 9.47 Å². The predicted molar refractivity (Wildman–Crippen MR) is 135 cm³/mol. The minimum absolute atomic E-state index is 0.151. The third kappa shape index (κ3) is 4.76. The highest BCUT2D eigenvalue weighted by Crippen LogP contribution is 2.50. The van der Waals surface area contributed by atoms with E-state index in [9.17, 15) is 15.3 Å². The van der Waals surface area contributed by atoms with E-state index in [1.165, 1.54) is 36.7 Å². The predicted octanol–water partition coefficient (Wildman–Crippen LogP) is 6.34. The van der Waals surface area contributed by atoms with Crippen LogP contribution in [-0.2, 0) is 0 Å². The molecule has 176 valence electrons. The number of likely N-dealkylation sites (tertiary alicyclic amines) is 1. The number of fused-ring (bicyclic) bond motifs is 1. The molecule has 0 amide bonds. The van der Waals surface area contributed by atoms with Gasteiger partial charge in [-0.2, -0.15) is 0 Å². The molecule has 0 unspecified atom stereocenters. The first-order chi connectivity index (χ1) is 16.6. The molecule has 2 heterocycles.